The number of aromatic nitrogens is 3. The summed E-state index contributed by atoms with van der Waals surface area (Å²) in [6, 6.07) is 18.1. The van der Waals surface area contributed by atoms with Gasteiger partial charge in [0.1, 0.15) is 5.82 Å². The van der Waals surface area contributed by atoms with Gasteiger partial charge in [-0.15, -0.1) is 0 Å². The zero-order chi connectivity index (χ0) is 18.6. The Labute approximate surface area is 154 Å². The van der Waals surface area contributed by atoms with Crippen molar-refractivity contribution >= 4 is 22.8 Å². The van der Waals surface area contributed by atoms with Crippen LogP contribution in [0.1, 0.15) is 20.7 Å². The minimum Gasteiger partial charge on any atom is -0.454 e. The Balaban J connectivity index is 1.50. The quantitative estimate of drug-likeness (QED) is 0.435. The van der Waals surface area contributed by atoms with E-state index in [9.17, 15) is 9.59 Å². The molecule has 0 unspecified atom stereocenters. The van der Waals surface area contributed by atoms with Crippen LogP contribution in [0, 0.1) is 0 Å². The first-order valence-corrected chi connectivity index (χ1v) is 8.36. The Kier molecular flexibility index (Phi) is 4.45. The number of ether oxygens (including phenoxy) is 1. The Morgan fingerprint density at radius 2 is 1.81 bits per heavy atom. The van der Waals surface area contributed by atoms with Crippen LogP contribution in [0.25, 0.3) is 22.4 Å². The number of imidazole rings is 1. The average Bonchev–Trinajstić information content (AvgIpc) is 3.16. The lowest BCUT2D eigenvalue weighted by Gasteiger charge is -2.04. The summed E-state index contributed by atoms with van der Waals surface area (Å²) in [7, 11) is 0. The number of nitrogens with one attached hydrogen (secondary N) is 1. The third-order valence-corrected chi connectivity index (χ3v) is 4.08. The summed E-state index contributed by atoms with van der Waals surface area (Å²) >= 11 is 0. The number of ketones is 1. The van der Waals surface area contributed by atoms with Gasteiger partial charge < -0.3 is 9.72 Å². The summed E-state index contributed by atoms with van der Waals surface area (Å²) in [5.41, 5.74) is 3.19. The molecule has 2 aromatic carbocycles. The summed E-state index contributed by atoms with van der Waals surface area (Å²) in [6.07, 6.45) is 3.02. The van der Waals surface area contributed by atoms with Crippen LogP contribution in [0.5, 0.6) is 0 Å². The van der Waals surface area contributed by atoms with Crippen LogP contribution >= 0.6 is 0 Å². The Hall–Kier alpha value is -3.80. The second-order valence-corrected chi connectivity index (χ2v) is 5.92. The van der Waals surface area contributed by atoms with Gasteiger partial charge in [-0.3, -0.25) is 9.78 Å². The number of hydrogen-bond donors (Lipinski definition) is 1. The third-order valence-electron chi connectivity index (χ3n) is 4.08. The van der Waals surface area contributed by atoms with Crippen molar-refractivity contribution in [2.75, 3.05) is 6.61 Å². The molecule has 6 nitrogen and oxygen atoms in total. The average molecular weight is 357 g/mol. The number of aromatic amines is 1. The molecule has 0 atom stereocenters. The van der Waals surface area contributed by atoms with Crippen LogP contribution in [0.2, 0.25) is 0 Å². The molecule has 0 aliphatic carbocycles. The molecular weight excluding hydrogens is 342 g/mol. The van der Waals surface area contributed by atoms with E-state index in [0.29, 0.717) is 11.1 Å². The summed E-state index contributed by atoms with van der Waals surface area (Å²) in [5, 5.41) is 0. The highest BCUT2D eigenvalue weighted by Crippen LogP contribution is 2.21. The largest absolute Gasteiger partial charge is 0.454 e. The van der Waals surface area contributed by atoms with Gasteiger partial charge in [-0.25, -0.2) is 9.78 Å². The molecule has 0 aliphatic heterocycles. The number of rotatable bonds is 5. The first-order valence-electron chi connectivity index (χ1n) is 8.36. The predicted octanol–water partition coefficient (Wildman–Crippen LogP) is 3.66. The first kappa shape index (κ1) is 16.7. The van der Waals surface area contributed by atoms with Gasteiger partial charge in [0.05, 0.1) is 16.6 Å². The zero-order valence-electron chi connectivity index (χ0n) is 14.3. The van der Waals surface area contributed by atoms with E-state index in [1.54, 1.807) is 36.5 Å². The zero-order valence-corrected chi connectivity index (χ0v) is 14.3. The number of nitrogens with zero attached hydrogens (tertiary/aromatic N) is 2. The van der Waals surface area contributed by atoms with Gasteiger partial charge in [0.2, 0.25) is 5.78 Å². The number of Topliss-reactive ketones (excluding diaryl/α,β-unsaturated/α-hetero) is 1. The van der Waals surface area contributed by atoms with E-state index in [-0.39, 0.29) is 12.4 Å². The van der Waals surface area contributed by atoms with Crippen molar-refractivity contribution in [2.45, 2.75) is 0 Å². The summed E-state index contributed by atoms with van der Waals surface area (Å²) in [5.74, 6) is -0.140. The maximum Gasteiger partial charge on any atom is 0.338 e. The van der Waals surface area contributed by atoms with E-state index < -0.39 is 5.97 Å². The lowest BCUT2D eigenvalue weighted by Crippen LogP contribution is -2.14. The fourth-order valence-corrected chi connectivity index (χ4v) is 2.69. The standard InChI is InChI=1S/C21H15N3O3/c25-19(16-7-4-10-22-12-16)13-27-21(26)15-8-9-17-18(11-15)24-20(23-17)14-5-2-1-3-6-14/h1-12H,13H2,(H,23,24). The maximum atomic E-state index is 12.3. The molecule has 0 saturated carbocycles. The van der Waals surface area contributed by atoms with Crippen molar-refractivity contribution < 1.29 is 14.3 Å². The molecule has 1 N–H and O–H groups in total. The molecule has 132 valence electrons. The highest BCUT2D eigenvalue weighted by Gasteiger charge is 2.14. The lowest BCUT2D eigenvalue weighted by molar-refractivity contribution is 0.0475. The molecule has 0 spiro atoms. The smallest absolute Gasteiger partial charge is 0.338 e. The Bertz CT molecular complexity index is 1110. The van der Waals surface area contributed by atoms with E-state index in [0.717, 1.165) is 22.4 Å². The number of carbonyl (C=O) groups excluding carboxylic acids is 2. The summed E-state index contributed by atoms with van der Waals surface area (Å²) in [6.45, 7) is -0.333. The molecule has 2 aromatic heterocycles. The minimum atomic E-state index is -0.565. The molecule has 0 bridgehead atoms. The number of pyridine rings is 1. The normalized spacial score (nSPS) is 10.7. The van der Waals surface area contributed by atoms with Crippen molar-refractivity contribution in [2.24, 2.45) is 0 Å². The van der Waals surface area contributed by atoms with Gasteiger partial charge in [-0.1, -0.05) is 30.3 Å². The van der Waals surface area contributed by atoms with Gasteiger partial charge in [-0.2, -0.15) is 0 Å². The Morgan fingerprint density at radius 1 is 0.963 bits per heavy atom. The molecule has 0 aliphatic rings. The van der Waals surface area contributed by atoms with Crippen LogP contribution in [0.3, 0.4) is 0 Å². The first-order chi connectivity index (χ1) is 13.2. The molecule has 6 heteroatoms. The SMILES string of the molecule is O=C(COC(=O)c1ccc2nc(-c3ccccc3)[nH]c2c1)c1cccnc1. The third kappa shape index (κ3) is 3.59. The van der Waals surface area contributed by atoms with Crippen LogP contribution < -0.4 is 0 Å². The second kappa shape index (κ2) is 7.21. The van der Waals surface area contributed by atoms with Gasteiger partial charge in [-0.05, 0) is 30.3 Å². The van der Waals surface area contributed by atoms with Gasteiger partial charge in [0, 0.05) is 23.5 Å². The molecule has 0 fully saturated rings. The molecule has 0 saturated heterocycles. The number of carbonyl (C=O) groups is 2. The molecule has 27 heavy (non-hydrogen) atoms. The van der Waals surface area contributed by atoms with Crippen molar-refractivity contribution in [1.29, 1.82) is 0 Å². The number of hydrogen-bond acceptors (Lipinski definition) is 5. The van der Waals surface area contributed by atoms with E-state index in [1.807, 2.05) is 30.3 Å². The summed E-state index contributed by atoms with van der Waals surface area (Å²) < 4.78 is 5.13. The van der Waals surface area contributed by atoms with Crippen LogP contribution in [0.4, 0.5) is 0 Å². The fraction of sp³-hybridized carbons (Fsp3) is 0.0476. The van der Waals surface area contributed by atoms with E-state index >= 15 is 0 Å². The number of H-pyrrole nitrogens is 1. The topological polar surface area (TPSA) is 84.9 Å². The number of esters is 1. The number of fused-ring (bicyclic) bond motifs is 1. The van der Waals surface area contributed by atoms with Gasteiger partial charge >= 0.3 is 5.97 Å². The fourth-order valence-electron chi connectivity index (χ4n) is 2.69. The van der Waals surface area contributed by atoms with Crippen molar-refractivity contribution in [3.63, 3.8) is 0 Å². The van der Waals surface area contributed by atoms with Crippen molar-refractivity contribution in [1.82, 2.24) is 15.0 Å². The van der Waals surface area contributed by atoms with Crippen LogP contribution in [-0.4, -0.2) is 33.3 Å². The van der Waals surface area contributed by atoms with Gasteiger partial charge in [0.15, 0.2) is 6.61 Å². The molecular formula is C21H15N3O3. The predicted molar refractivity (Wildman–Crippen MR) is 100 cm³/mol. The van der Waals surface area contributed by atoms with Crippen molar-refractivity contribution in [3.05, 3.63) is 84.2 Å². The van der Waals surface area contributed by atoms with E-state index in [1.165, 1.54) is 6.20 Å². The molecule has 4 rings (SSSR count). The highest BCUT2D eigenvalue weighted by molar-refractivity contribution is 6.00. The lowest BCUT2D eigenvalue weighted by atomic mass is 10.2. The van der Waals surface area contributed by atoms with Crippen molar-refractivity contribution in [3.8, 4) is 11.4 Å². The highest BCUT2D eigenvalue weighted by atomic mass is 16.5. The minimum absolute atomic E-state index is 0.301. The van der Waals surface area contributed by atoms with Gasteiger partial charge in [0.25, 0.3) is 0 Å². The van der Waals surface area contributed by atoms with Crippen LogP contribution in [-0.2, 0) is 4.74 Å². The monoisotopic (exact) mass is 357 g/mol. The molecule has 0 radical (unpaired) electrons. The summed E-state index contributed by atoms with van der Waals surface area (Å²) in [4.78, 5) is 35.9. The maximum absolute atomic E-state index is 12.3. The van der Waals surface area contributed by atoms with Crippen LogP contribution in [0.15, 0.2) is 73.1 Å². The molecule has 0 amide bonds. The second-order valence-electron chi connectivity index (χ2n) is 5.92. The van der Waals surface area contributed by atoms with E-state index in [4.69, 9.17) is 4.74 Å². The molecule has 2 heterocycles. The Morgan fingerprint density at radius 3 is 2.59 bits per heavy atom. The molecule has 4 aromatic rings. The number of benzene rings is 2. The van der Waals surface area contributed by atoms with E-state index in [2.05, 4.69) is 15.0 Å².